The molecule has 8 heteroatoms. The fraction of sp³-hybridized carbons (Fsp3) is 0.364. The van der Waals surface area contributed by atoms with E-state index in [1.807, 2.05) is 0 Å². The number of ether oxygens (including phenoxy) is 1. The van der Waals surface area contributed by atoms with E-state index >= 15 is 0 Å². The smallest absolute Gasteiger partial charge is 0.387 e. The van der Waals surface area contributed by atoms with Gasteiger partial charge in [0.2, 0.25) is 5.91 Å². The van der Waals surface area contributed by atoms with E-state index in [1.165, 1.54) is 12.1 Å². The highest BCUT2D eigenvalue weighted by Gasteiger charge is 2.46. The van der Waals surface area contributed by atoms with Gasteiger partial charge in [-0.1, -0.05) is 11.6 Å². The second-order valence-electron chi connectivity index (χ2n) is 4.25. The molecule has 3 N–H and O–H groups in total. The number of hydrogen-bond acceptors (Lipinski definition) is 3. The third-order valence-corrected chi connectivity index (χ3v) is 3.51. The first-order valence-electron chi connectivity index (χ1n) is 5.36. The summed E-state index contributed by atoms with van der Waals surface area (Å²) in [5.74, 6) is -0.627. The van der Waals surface area contributed by atoms with Crippen LogP contribution in [0.2, 0.25) is 5.02 Å². The summed E-state index contributed by atoms with van der Waals surface area (Å²) in [7, 11) is 0. The topological polar surface area (TPSA) is 64.4 Å². The standard InChI is InChI=1S/C11H10BrClF2N2O2/c12-6-3-5(13)4-7(8(6)19-10(14)15)17-9(18)11(16)1-2-11/h3-4,10H,1-2,16H2,(H,17,18). The average Bonchev–Trinajstić information content (AvgIpc) is 3.02. The first-order chi connectivity index (χ1) is 8.82. The third-order valence-electron chi connectivity index (χ3n) is 2.70. The summed E-state index contributed by atoms with van der Waals surface area (Å²) in [6.45, 7) is -3.01. The molecule has 0 atom stereocenters. The first-order valence-corrected chi connectivity index (χ1v) is 6.53. The van der Waals surface area contributed by atoms with Crippen LogP contribution in [0.15, 0.2) is 16.6 Å². The Labute approximate surface area is 121 Å². The van der Waals surface area contributed by atoms with Gasteiger partial charge in [-0.3, -0.25) is 4.79 Å². The van der Waals surface area contributed by atoms with Crippen LogP contribution in [-0.4, -0.2) is 18.1 Å². The van der Waals surface area contributed by atoms with Gasteiger partial charge in [0, 0.05) is 5.02 Å². The number of carbonyl (C=O) groups is 1. The molecule has 0 aromatic heterocycles. The van der Waals surface area contributed by atoms with Gasteiger partial charge < -0.3 is 15.8 Å². The van der Waals surface area contributed by atoms with Crippen molar-refractivity contribution in [3.8, 4) is 5.75 Å². The number of rotatable bonds is 4. The minimum Gasteiger partial charge on any atom is -0.431 e. The van der Waals surface area contributed by atoms with Crippen molar-refractivity contribution in [1.29, 1.82) is 0 Å². The van der Waals surface area contributed by atoms with Crippen molar-refractivity contribution in [2.45, 2.75) is 25.0 Å². The van der Waals surface area contributed by atoms with E-state index in [0.29, 0.717) is 12.8 Å². The Balaban J connectivity index is 2.29. The second-order valence-corrected chi connectivity index (χ2v) is 5.54. The fourth-order valence-electron chi connectivity index (χ4n) is 1.47. The van der Waals surface area contributed by atoms with Crippen LogP contribution in [0.4, 0.5) is 14.5 Å². The molecule has 1 fully saturated rings. The van der Waals surface area contributed by atoms with Crippen molar-refractivity contribution in [3.63, 3.8) is 0 Å². The molecule has 0 aliphatic heterocycles. The summed E-state index contributed by atoms with van der Waals surface area (Å²) in [4.78, 5) is 11.8. The number of nitrogens with one attached hydrogen (secondary N) is 1. The molecule has 104 valence electrons. The minimum atomic E-state index is -3.01. The minimum absolute atomic E-state index is 0.0569. The zero-order valence-electron chi connectivity index (χ0n) is 9.55. The number of hydrogen-bond donors (Lipinski definition) is 2. The van der Waals surface area contributed by atoms with E-state index < -0.39 is 18.1 Å². The van der Waals surface area contributed by atoms with Crippen molar-refractivity contribution in [1.82, 2.24) is 0 Å². The maximum atomic E-state index is 12.4. The second kappa shape index (κ2) is 5.22. The van der Waals surface area contributed by atoms with E-state index in [9.17, 15) is 13.6 Å². The van der Waals surface area contributed by atoms with Crippen LogP contribution in [0.25, 0.3) is 0 Å². The lowest BCUT2D eigenvalue weighted by Gasteiger charge is -2.16. The number of anilines is 1. The van der Waals surface area contributed by atoms with Crippen molar-refractivity contribution in [2.75, 3.05) is 5.32 Å². The SMILES string of the molecule is NC1(C(=O)Nc2cc(Cl)cc(Br)c2OC(F)F)CC1. The lowest BCUT2D eigenvalue weighted by molar-refractivity contribution is -0.118. The van der Waals surface area contributed by atoms with Gasteiger partial charge in [0.25, 0.3) is 0 Å². The van der Waals surface area contributed by atoms with E-state index in [-0.39, 0.29) is 20.9 Å². The van der Waals surface area contributed by atoms with Gasteiger partial charge >= 0.3 is 6.61 Å². The number of amides is 1. The van der Waals surface area contributed by atoms with Gasteiger partial charge in [0.15, 0.2) is 5.75 Å². The van der Waals surface area contributed by atoms with Gasteiger partial charge in [-0.25, -0.2) is 0 Å². The molecule has 1 amide bonds. The summed E-state index contributed by atoms with van der Waals surface area (Å²) >= 11 is 8.87. The summed E-state index contributed by atoms with van der Waals surface area (Å²) in [6.07, 6.45) is 1.12. The van der Waals surface area contributed by atoms with Crippen molar-refractivity contribution >= 4 is 39.1 Å². The van der Waals surface area contributed by atoms with Gasteiger partial charge in [-0.15, -0.1) is 0 Å². The van der Waals surface area contributed by atoms with Gasteiger partial charge in [0.05, 0.1) is 15.7 Å². The molecule has 0 bridgehead atoms. The molecular weight excluding hydrogens is 345 g/mol. The molecule has 4 nitrogen and oxygen atoms in total. The number of benzene rings is 1. The molecular formula is C11H10BrClF2N2O2. The van der Waals surface area contributed by atoms with Crippen LogP contribution in [0, 0.1) is 0 Å². The molecule has 1 aromatic rings. The van der Waals surface area contributed by atoms with E-state index in [0.717, 1.165) is 0 Å². The summed E-state index contributed by atoms with van der Waals surface area (Å²) in [5.41, 5.74) is 4.86. The molecule has 0 spiro atoms. The molecule has 1 aliphatic carbocycles. The number of nitrogens with two attached hydrogens (primary N) is 1. The molecule has 1 aliphatic rings. The Morgan fingerprint density at radius 2 is 2.16 bits per heavy atom. The summed E-state index contributed by atoms with van der Waals surface area (Å²) < 4.78 is 29.3. The highest BCUT2D eigenvalue weighted by molar-refractivity contribution is 9.10. The maximum Gasteiger partial charge on any atom is 0.387 e. The van der Waals surface area contributed by atoms with Crippen LogP contribution in [-0.2, 0) is 4.79 Å². The monoisotopic (exact) mass is 354 g/mol. The molecule has 1 saturated carbocycles. The Kier molecular flexibility index (Phi) is 3.98. The zero-order valence-corrected chi connectivity index (χ0v) is 11.9. The summed E-state index contributed by atoms with van der Waals surface area (Å²) in [6, 6.07) is 2.72. The lowest BCUT2D eigenvalue weighted by atomic mass is 10.2. The van der Waals surface area contributed by atoms with Crippen LogP contribution < -0.4 is 15.8 Å². The van der Waals surface area contributed by atoms with Crippen molar-refractivity contribution < 1.29 is 18.3 Å². The average molecular weight is 356 g/mol. The highest BCUT2D eigenvalue weighted by atomic mass is 79.9. The maximum absolute atomic E-state index is 12.4. The van der Waals surface area contributed by atoms with Crippen molar-refractivity contribution in [3.05, 3.63) is 21.6 Å². The number of alkyl halides is 2. The van der Waals surface area contributed by atoms with Gasteiger partial charge in [-0.05, 0) is 40.9 Å². The van der Waals surface area contributed by atoms with E-state index in [2.05, 4.69) is 26.0 Å². The van der Waals surface area contributed by atoms with Crippen LogP contribution in [0.3, 0.4) is 0 Å². The van der Waals surface area contributed by atoms with Gasteiger partial charge in [0.1, 0.15) is 0 Å². The molecule has 0 saturated heterocycles. The third kappa shape index (κ3) is 3.34. The molecule has 2 rings (SSSR count). The largest absolute Gasteiger partial charge is 0.431 e. The number of halogens is 4. The number of carbonyl (C=O) groups excluding carboxylic acids is 1. The highest BCUT2D eigenvalue weighted by Crippen LogP contribution is 2.39. The molecule has 0 radical (unpaired) electrons. The Morgan fingerprint density at radius 3 is 2.68 bits per heavy atom. The van der Waals surface area contributed by atoms with Crippen LogP contribution >= 0.6 is 27.5 Å². The fourth-order valence-corrected chi connectivity index (χ4v) is 2.37. The predicted octanol–water partition coefficient (Wildman–Crippen LogP) is 3.13. The van der Waals surface area contributed by atoms with E-state index in [4.69, 9.17) is 17.3 Å². The molecule has 0 heterocycles. The summed E-state index contributed by atoms with van der Waals surface area (Å²) in [5, 5.41) is 2.73. The Hall–Kier alpha value is -0.920. The Morgan fingerprint density at radius 1 is 1.53 bits per heavy atom. The zero-order chi connectivity index (χ0) is 14.2. The lowest BCUT2D eigenvalue weighted by Crippen LogP contribution is -2.38. The normalized spacial score (nSPS) is 16.3. The van der Waals surface area contributed by atoms with Gasteiger partial charge in [-0.2, -0.15) is 8.78 Å². The molecule has 19 heavy (non-hydrogen) atoms. The molecule has 0 unspecified atom stereocenters. The van der Waals surface area contributed by atoms with Crippen LogP contribution in [0.5, 0.6) is 5.75 Å². The van der Waals surface area contributed by atoms with Crippen LogP contribution in [0.1, 0.15) is 12.8 Å². The van der Waals surface area contributed by atoms with Crippen molar-refractivity contribution in [2.24, 2.45) is 5.73 Å². The van der Waals surface area contributed by atoms with E-state index in [1.54, 1.807) is 0 Å². The quantitative estimate of drug-likeness (QED) is 0.872. The first kappa shape index (κ1) is 14.5. The molecule has 1 aromatic carbocycles. The Bertz CT molecular complexity index is 524. The predicted molar refractivity (Wildman–Crippen MR) is 70.6 cm³/mol.